The normalized spacial score (nSPS) is 31.6. The molecule has 0 unspecified atom stereocenters. The van der Waals surface area contributed by atoms with Crippen molar-refractivity contribution in [2.75, 3.05) is 54.7 Å². The van der Waals surface area contributed by atoms with E-state index in [0.29, 0.717) is 38.8 Å². The van der Waals surface area contributed by atoms with E-state index in [0.717, 1.165) is 61.9 Å². The summed E-state index contributed by atoms with van der Waals surface area (Å²) >= 11 is 0. The Kier molecular flexibility index (Phi) is 22.2. The van der Waals surface area contributed by atoms with E-state index < -0.39 is 67.1 Å². The fourth-order valence-electron chi connectivity index (χ4n) is 11.7. The summed E-state index contributed by atoms with van der Waals surface area (Å²) in [7, 11) is 6.83. The summed E-state index contributed by atoms with van der Waals surface area (Å²) in [5, 5.41) is 52.0. The van der Waals surface area contributed by atoms with Crippen molar-refractivity contribution in [3.63, 3.8) is 0 Å². The first-order valence-electron chi connectivity index (χ1n) is 26.7. The third kappa shape index (κ3) is 14.7. The van der Waals surface area contributed by atoms with Crippen molar-refractivity contribution in [2.45, 2.75) is 180 Å². The van der Waals surface area contributed by atoms with Crippen LogP contribution >= 0.6 is 7.26 Å². The predicted octanol–water partition coefficient (Wildman–Crippen LogP) is 7.74. The van der Waals surface area contributed by atoms with Crippen LogP contribution < -0.4 is 30.1 Å². The lowest BCUT2D eigenvalue weighted by molar-refractivity contribution is -0.295. The van der Waals surface area contributed by atoms with Gasteiger partial charge in [0.1, 0.15) is 64.3 Å². The van der Waals surface area contributed by atoms with Crippen molar-refractivity contribution in [3.05, 3.63) is 72.8 Å². The van der Waals surface area contributed by atoms with Gasteiger partial charge in [-0.3, -0.25) is 9.69 Å². The molecule has 5 rings (SSSR count). The van der Waals surface area contributed by atoms with E-state index in [-0.39, 0.29) is 24.0 Å². The Morgan fingerprint density at radius 2 is 1.22 bits per heavy atom. The summed E-state index contributed by atoms with van der Waals surface area (Å²) in [6, 6.07) is 25.0. The second-order valence-electron chi connectivity index (χ2n) is 21.9. The van der Waals surface area contributed by atoms with Crippen molar-refractivity contribution >= 4 is 29.1 Å². The Morgan fingerprint density at radius 3 is 1.69 bits per heavy atom. The van der Waals surface area contributed by atoms with Gasteiger partial charge in [-0.25, -0.2) is 0 Å². The van der Waals surface area contributed by atoms with Gasteiger partial charge >= 0.3 is 5.97 Å². The van der Waals surface area contributed by atoms with E-state index in [1.165, 1.54) is 15.9 Å². The number of hydrogen-bond donors (Lipinski definition) is 4. The molecule has 2 aliphatic heterocycles. The SMILES string of the molecule is CC[C@H]1OC(=O)[C@H](C)C[C@H](C)[C@@H](O[C@@H]2O[C@H](C)C[C@H](N(C)C)[C@H]2O)[C@](C)(O)C[C@@H](C)CN(CCCCCCCC[P+](c2ccc(OC)cc2)(c2ccc(OC)cc2)c2ccc(OC)cc2)[C@H](C)[C@@H](O)[C@]1(C)O. The van der Waals surface area contributed by atoms with Crippen molar-refractivity contribution in [3.8, 4) is 17.2 Å². The predicted molar refractivity (Wildman–Crippen MR) is 290 cm³/mol. The van der Waals surface area contributed by atoms with E-state index in [1.807, 2.05) is 46.7 Å². The van der Waals surface area contributed by atoms with Gasteiger partial charge in [0, 0.05) is 18.6 Å². The van der Waals surface area contributed by atoms with Crippen LogP contribution in [0.15, 0.2) is 72.8 Å². The summed E-state index contributed by atoms with van der Waals surface area (Å²) in [5.74, 6) is 0.954. The smallest absolute Gasteiger partial charge is 0.309 e. The molecule has 0 bridgehead atoms. The van der Waals surface area contributed by atoms with Crippen LogP contribution in [0.4, 0.5) is 0 Å². The zero-order valence-electron chi connectivity index (χ0n) is 46.0. The Bertz CT molecular complexity index is 1950. The molecule has 72 heavy (non-hydrogen) atoms. The van der Waals surface area contributed by atoms with Gasteiger partial charge in [0.25, 0.3) is 0 Å². The third-order valence-corrected chi connectivity index (χ3v) is 20.3. The number of benzene rings is 3. The molecule has 13 nitrogen and oxygen atoms in total. The number of unbranched alkanes of at least 4 members (excludes halogenated alkanes) is 5. The van der Waals surface area contributed by atoms with Gasteiger partial charge in [-0.1, -0.05) is 47.0 Å². The van der Waals surface area contributed by atoms with Crippen molar-refractivity contribution in [2.24, 2.45) is 17.8 Å². The molecule has 2 heterocycles. The molecule has 2 saturated heterocycles. The molecule has 0 spiro atoms. The summed E-state index contributed by atoms with van der Waals surface area (Å²) in [5.41, 5.74) is -3.12. The minimum Gasteiger partial charge on any atom is -0.497 e. The zero-order valence-corrected chi connectivity index (χ0v) is 46.9. The largest absolute Gasteiger partial charge is 0.497 e. The van der Waals surface area contributed by atoms with Gasteiger partial charge in [-0.15, -0.1) is 0 Å². The Morgan fingerprint density at radius 1 is 0.736 bits per heavy atom. The van der Waals surface area contributed by atoms with Gasteiger partial charge in [-0.2, -0.15) is 0 Å². The van der Waals surface area contributed by atoms with E-state index in [2.05, 4.69) is 84.6 Å². The number of aliphatic hydroxyl groups excluding tert-OH is 2. The molecule has 0 radical (unpaired) electrons. The number of ether oxygens (including phenoxy) is 6. The molecular formula is C58H92N2O11P+. The molecule has 4 N–H and O–H groups in total. The lowest BCUT2D eigenvalue weighted by Gasteiger charge is -2.46. The van der Waals surface area contributed by atoms with Crippen LogP contribution in [0.25, 0.3) is 0 Å². The Balaban J connectivity index is 1.32. The molecule has 0 aliphatic carbocycles. The molecule has 404 valence electrons. The topological polar surface area (TPSA) is 160 Å². The summed E-state index contributed by atoms with van der Waals surface area (Å²) < 4.78 is 35.7. The number of cyclic esters (lactones) is 1. The van der Waals surface area contributed by atoms with Crippen LogP contribution in [0.5, 0.6) is 17.2 Å². The Labute approximate surface area is 433 Å². The Hall–Kier alpha value is -3.36. The molecule has 0 aromatic heterocycles. The average Bonchev–Trinajstić information content (AvgIpc) is 3.36. The number of carbonyl (C=O) groups excluding carboxylic acids is 1. The monoisotopic (exact) mass is 1020 g/mol. The number of rotatable bonds is 19. The first-order chi connectivity index (χ1) is 34.1. The highest BCUT2D eigenvalue weighted by Gasteiger charge is 2.49. The fourth-order valence-corrected chi connectivity index (χ4v) is 16.0. The quantitative estimate of drug-likeness (QED) is 0.0526. The average molecular weight is 1020 g/mol. The lowest BCUT2D eigenvalue weighted by atomic mass is 9.79. The van der Waals surface area contributed by atoms with Crippen LogP contribution in [0, 0.1) is 17.8 Å². The summed E-state index contributed by atoms with van der Waals surface area (Å²) in [6.45, 7) is 16.1. The molecule has 13 atom stereocenters. The molecule has 14 heteroatoms. The highest BCUT2D eigenvalue weighted by atomic mass is 31.2. The number of methoxy groups -OCH3 is 3. The number of hydrogen-bond acceptors (Lipinski definition) is 13. The first kappa shape index (κ1) is 59.5. The van der Waals surface area contributed by atoms with Crippen LogP contribution in [-0.4, -0.2) is 151 Å². The maximum Gasteiger partial charge on any atom is 0.309 e. The van der Waals surface area contributed by atoms with Crippen molar-refractivity contribution in [1.82, 2.24) is 9.80 Å². The second-order valence-corrected chi connectivity index (χ2v) is 25.5. The zero-order chi connectivity index (χ0) is 53.0. The van der Waals surface area contributed by atoms with Gasteiger partial charge < -0.3 is 53.7 Å². The van der Waals surface area contributed by atoms with E-state index in [9.17, 15) is 25.2 Å². The van der Waals surface area contributed by atoms with E-state index in [1.54, 1.807) is 42.1 Å². The molecule has 0 amide bonds. The van der Waals surface area contributed by atoms with E-state index >= 15 is 0 Å². The standard InChI is InChI=1S/C58H92N2O11P/c1-14-51-58(8,65)53(62)43(6)60(38-39(2)37-57(7,64)54(40(3)35-41(4)55(63)70-51)71-56-52(61)50(59(9)10)36-42(5)69-56)33-19-17-15-16-18-20-34-72(47-27-21-44(66-11)22-28-47,48-29-23-45(67-12)24-30-48)49-31-25-46(68-13)26-32-49/h21-32,39-43,50-54,56,61-62,64-65H,14-20,33-38H2,1-13H3/q+1/t39-,40+,41-,42-,43-,50+,51-,52-,53-,54-,56+,57-,58-/m1/s1. The maximum absolute atomic E-state index is 13.8. The van der Waals surface area contributed by atoms with Gasteiger partial charge in [0.15, 0.2) is 6.29 Å². The number of esters is 1. The number of aliphatic hydroxyl groups is 4. The maximum atomic E-state index is 13.8. The minimum atomic E-state index is -2.12. The molecule has 3 aromatic carbocycles. The highest BCUT2D eigenvalue weighted by molar-refractivity contribution is 7.95. The van der Waals surface area contributed by atoms with Crippen LogP contribution in [-0.2, 0) is 19.0 Å². The van der Waals surface area contributed by atoms with Crippen LogP contribution in [0.2, 0.25) is 0 Å². The van der Waals surface area contributed by atoms with E-state index in [4.69, 9.17) is 28.4 Å². The van der Waals surface area contributed by atoms with Gasteiger partial charge in [-0.05, 0) is 178 Å². The summed E-state index contributed by atoms with van der Waals surface area (Å²) in [6.07, 6.45) is 3.57. The third-order valence-electron chi connectivity index (χ3n) is 15.8. The second kappa shape index (κ2) is 26.9. The fraction of sp³-hybridized carbons (Fsp3) is 0.672. The number of nitrogens with zero attached hydrogens (tertiary/aromatic N) is 2. The molecule has 0 saturated carbocycles. The minimum absolute atomic E-state index is 0.0725. The highest BCUT2D eigenvalue weighted by Crippen LogP contribution is 2.56. The van der Waals surface area contributed by atoms with Crippen molar-refractivity contribution < 1.29 is 53.6 Å². The summed E-state index contributed by atoms with van der Waals surface area (Å²) in [4.78, 5) is 18.0. The van der Waals surface area contributed by atoms with Crippen LogP contribution in [0.3, 0.4) is 0 Å². The van der Waals surface area contributed by atoms with Crippen LogP contribution in [0.1, 0.15) is 120 Å². The molecule has 2 aliphatic rings. The van der Waals surface area contributed by atoms with Gasteiger partial charge in [0.05, 0.1) is 51.2 Å². The molecule has 3 aromatic rings. The number of carbonyl (C=O) groups is 1. The molecule has 2 fully saturated rings. The first-order valence-corrected chi connectivity index (χ1v) is 28.6. The lowest BCUT2D eigenvalue weighted by Crippen LogP contribution is -2.59. The number of likely N-dealkylation sites (N-methyl/N-ethyl adjacent to an activating group) is 1. The van der Waals surface area contributed by atoms with Crippen molar-refractivity contribution in [1.29, 1.82) is 0 Å². The van der Waals surface area contributed by atoms with Gasteiger partial charge in [0.2, 0.25) is 0 Å². The molecular weight excluding hydrogens is 932 g/mol.